The second-order valence-electron chi connectivity index (χ2n) is 10.2. The van der Waals surface area contributed by atoms with E-state index in [4.69, 9.17) is 4.98 Å². The van der Waals surface area contributed by atoms with Crippen LogP contribution in [0, 0.1) is 12.7 Å². The average molecular weight is 574 g/mol. The summed E-state index contributed by atoms with van der Waals surface area (Å²) >= 11 is 0. The molecule has 0 spiro atoms. The van der Waals surface area contributed by atoms with Crippen LogP contribution < -0.4 is 10.6 Å². The van der Waals surface area contributed by atoms with Gasteiger partial charge in [0, 0.05) is 24.8 Å². The number of sulfonamides is 1. The predicted octanol–water partition coefficient (Wildman–Crippen LogP) is 5.23. The van der Waals surface area contributed by atoms with Crippen LogP contribution in [0.25, 0.3) is 11.3 Å². The Morgan fingerprint density at radius 3 is 2.54 bits per heavy atom. The zero-order chi connectivity index (χ0) is 29.0. The van der Waals surface area contributed by atoms with Gasteiger partial charge in [-0.3, -0.25) is 9.78 Å². The number of aryl methyl sites for hydroxylation is 1. The minimum atomic E-state index is -3.95. The monoisotopic (exact) mass is 573 g/mol. The van der Waals surface area contributed by atoms with Gasteiger partial charge in [0.25, 0.3) is 0 Å². The van der Waals surface area contributed by atoms with Crippen LogP contribution in [0.5, 0.6) is 0 Å². The van der Waals surface area contributed by atoms with E-state index in [-0.39, 0.29) is 29.9 Å². The maximum atomic E-state index is 13.4. The number of amides is 1. The Morgan fingerprint density at radius 1 is 1.07 bits per heavy atom. The van der Waals surface area contributed by atoms with E-state index in [1.807, 2.05) is 68.4 Å². The Morgan fingerprint density at radius 2 is 1.83 bits per heavy atom. The van der Waals surface area contributed by atoms with E-state index in [9.17, 15) is 17.6 Å². The first-order valence-electron chi connectivity index (χ1n) is 13.5. The largest absolute Gasteiger partial charge is 0.362 e. The molecule has 0 radical (unpaired) electrons. The lowest BCUT2D eigenvalue weighted by Gasteiger charge is -2.23. The molecule has 1 saturated heterocycles. The van der Waals surface area contributed by atoms with Gasteiger partial charge in [0.2, 0.25) is 15.9 Å². The molecule has 1 fully saturated rings. The van der Waals surface area contributed by atoms with Crippen molar-refractivity contribution < 1.29 is 17.6 Å². The number of nitrogens with one attached hydrogen (secondary N) is 2. The van der Waals surface area contributed by atoms with Gasteiger partial charge in [0.05, 0.1) is 22.3 Å². The molecule has 0 saturated carbocycles. The van der Waals surface area contributed by atoms with Gasteiger partial charge in [0.1, 0.15) is 17.7 Å². The van der Waals surface area contributed by atoms with Crippen LogP contribution in [-0.2, 0) is 21.4 Å². The molecule has 5 rings (SSSR count). The van der Waals surface area contributed by atoms with Crippen LogP contribution in [0.3, 0.4) is 0 Å². The third kappa shape index (κ3) is 6.61. The Kier molecular flexibility index (Phi) is 8.41. The summed E-state index contributed by atoms with van der Waals surface area (Å²) in [6, 6.07) is 21.3. The zero-order valence-electron chi connectivity index (χ0n) is 22.9. The van der Waals surface area contributed by atoms with Crippen molar-refractivity contribution in [1.29, 1.82) is 0 Å². The van der Waals surface area contributed by atoms with Crippen molar-refractivity contribution in [3.63, 3.8) is 0 Å². The summed E-state index contributed by atoms with van der Waals surface area (Å²) in [5.41, 5.74) is 4.49. The van der Waals surface area contributed by atoms with Gasteiger partial charge in [-0.05, 0) is 80.8 Å². The molecular formula is C31H32FN5O3S. The predicted molar refractivity (Wildman–Crippen MR) is 156 cm³/mol. The van der Waals surface area contributed by atoms with Crippen LogP contribution in [0.15, 0.2) is 90.0 Å². The average Bonchev–Trinajstić information content (AvgIpc) is 3.48. The number of benzene rings is 2. The number of carbonyl (C=O) groups is 1. The second-order valence-corrected chi connectivity index (χ2v) is 12.1. The highest BCUT2D eigenvalue weighted by Crippen LogP contribution is 2.27. The molecule has 1 unspecified atom stereocenters. The van der Waals surface area contributed by atoms with Crippen molar-refractivity contribution in [2.45, 2.75) is 50.2 Å². The summed E-state index contributed by atoms with van der Waals surface area (Å²) < 4.78 is 41.0. The van der Waals surface area contributed by atoms with Crippen molar-refractivity contribution in [3.05, 3.63) is 108 Å². The topological polar surface area (TPSA) is 104 Å². The summed E-state index contributed by atoms with van der Waals surface area (Å²) in [5.74, 6) is -0.268. The number of anilines is 1. The maximum Gasteiger partial charge on any atom is 0.243 e. The van der Waals surface area contributed by atoms with Crippen LogP contribution in [0.2, 0.25) is 0 Å². The lowest BCUT2D eigenvalue weighted by molar-refractivity contribution is -0.124. The molecule has 10 heteroatoms. The van der Waals surface area contributed by atoms with Crippen molar-refractivity contribution >= 4 is 21.7 Å². The van der Waals surface area contributed by atoms with E-state index >= 15 is 0 Å². The quantitative estimate of drug-likeness (QED) is 0.284. The van der Waals surface area contributed by atoms with E-state index < -0.39 is 21.9 Å². The highest BCUT2D eigenvalue weighted by Gasteiger charge is 2.39. The van der Waals surface area contributed by atoms with E-state index in [0.29, 0.717) is 18.7 Å². The molecule has 41 heavy (non-hydrogen) atoms. The fourth-order valence-corrected chi connectivity index (χ4v) is 6.56. The van der Waals surface area contributed by atoms with Crippen LogP contribution in [-0.4, -0.2) is 41.2 Å². The molecule has 0 bridgehead atoms. The zero-order valence-corrected chi connectivity index (χ0v) is 23.7. The van der Waals surface area contributed by atoms with E-state index in [0.717, 1.165) is 40.2 Å². The molecule has 4 aromatic rings. The van der Waals surface area contributed by atoms with Gasteiger partial charge in [-0.2, -0.15) is 4.31 Å². The lowest BCUT2D eigenvalue weighted by atomic mass is 10.1. The SMILES string of the molecule is Cc1ccc(-c2cc(CNC(=O)[C@@H]3CCCN3S(=O)(=O)c3ccc(F)cc3)cc(NC(C)c3ccccn3)n2)cc1. The first kappa shape index (κ1) is 28.4. The molecule has 1 aliphatic rings. The summed E-state index contributed by atoms with van der Waals surface area (Å²) in [4.78, 5) is 22.5. The van der Waals surface area contributed by atoms with Crippen molar-refractivity contribution in [2.75, 3.05) is 11.9 Å². The summed E-state index contributed by atoms with van der Waals surface area (Å²) in [6.45, 7) is 4.44. The Balaban J connectivity index is 1.36. The van der Waals surface area contributed by atoms with Crippen molar-refractivity contribution in [2.24, 2.45) is 0 Å². The molecule has 1 aliphatic heterocycles. The molecule has 2 aromatic heterocycles. The van der Waals surface area contributed by atoms with Gasteiger partial charge in [-0.15, -0.1) is 0 Å². The van der Waals surface area contributed by atoms with E-state index in [1.165, 1.54) is 16.4 Å². The third-order valence-corrected chi connectivity index (χ3v) is 9.04. The van der Waals surface area contributed by atoms with Gasteiger partial charge >= 0.3 is 0 Å². The van der Waals surface area contributed by atoms with Gasteiger partial charge in [-0.1, -0.05) is 35.9 Å². The maximum absolute atomic E-state index is 13.4. The summed E-state index contributed by atoms with van der Waals surface area (Å²) in [7, 11) is -3.95. The highest BCUT2D eigenvalue weighted by molar-refractivity contribution is 7.89. The molecule has 0 aliphatic carbocycles. The molecule has 2 aromatic carbocycles. The van der Waals surface area contributed by atoms with Gasteiger partial charge in [-0.25, -0.2) is 17.8 Å². The van der Waals surface area contributed by atoms with Gasteiger partial charge < -0.3 is 10.6 Å². The Bertz CT molecular complexity index is 1610. The smallest absolute Gasteiger partial charge is 0.243 e. The standard InChI is InChI=1S/C31H32FN5O3S/c1-21-8-10-24(11-9-21)28-18-23(19-30(36-28)35-22(2)27-6-3-4-16-33-27)20-34-31(38)29-7-5-17-37(29)41(39,40)26-14-12-25(32)13-15-26/h3-4,6,8-16,18-19,22,29H,5,7,17,20H2,1-2H3,(H,34,38)(H,35,36)/t22?,29-/m0/s1. The second kappa shape index (κ2) is 12.2. The van der Waals surface area contributed by atoms with Crippen LogP contribution in [0.1, 0.15) is 42.6 Å². The normalized spacial score (nSPS) is 16.3. The van der Waals surface area contributed by atoms with E-state index in [1.54, 1.807) is 6.20 Å². The number of hydrogen-bond donors (Lipinski definition) is 2. The fraction of sp³-hybridized carbons (Fsp3) is 0.258. The van der Waals surface area contributed by atoms with Gasteiger partial charge in [0.15, 0.2) is 0 Å². The first-order valence-corrected chi connectivity index (χ1v) is 15.0. The molecular weight excluding hydrogens is 541 g/mol. The minimum absolute atomic E-state index is 0.0341. The first-order chi connectivity index (χ1) is 19.7. The number of aromatic nitrogens is 2. The Hall–Kier alpha value is -4.15. The van der Waals surface area contributed by atoms with Crippen LogP contribution >= 0.6 is 0 Å². The molecule has 212 valence electrons. The number of carbonyl (C=O) groups excluding carboxylic acids is 1. The molecule has 1 amide bonds. The van der Waals surface area contributed by atoms with Crippen molar-refractivity contribution in [3.8, 4) is 11.3 Å². The van der Waals surface area contributed by atoms with Crippen molar-refractivity contribution in [1.82, 2.24) is 19.6 Å². The number of rotatable bonds is 9. The molecule has 8 nitrogen and oxygen atoms in total. The number of hydrogen-bond acceptors (Lipinski definition) is 6. The summed E-state index contributed by atoms with van der Waals surface area (Å²) in [6.07, 6.45) is 2.71. The molecule has 2 N–H and O–H groups in total. The molecule has 3 heterocycles. The summed E-state index contributed by atoms with van der Waals surface area (Å²) in [5, 5.41) is 6.34. The third-order valence-electron chi connectivity index (χ3n) is 7.12. The number of halogens is 1. The fourth-order valence-electron chi connectivity index (χ4n) is 4.90. The lowest BCUT2D eigenvalue weighted by Crippen LogP contribution is -2.45. The minimum Gasteiger partial charge on any atom is -0.362 e. The number of pyridine rings is 2. The highest BCUT2D eigenvalue weighted by atomic mass is 32.2. The Labute approximate surface area is 239 Å². The van der Waals surface area contributed by atoms with Crippen LogP contribution in [0.4, 0.5) is 10.2 Å². The number of nitrogens with zero attached hydrogens (tertiary/aromatic N) is 3. The molecule has 2 atom stereocenters. The van der Waals surface area contributed by atoms with E-state index in [2.05, 4.69) is 15.6 Å².